The van der Waals surface area contributed by atoms with Crippen molar-refractivity contribution in [1.29, 1.82) is 0 Å². The highest BCUT2D eigenvalue weighted by molar-refractivity contribution is 14.1. The van der Waals surface area contributed by atoms with E-state index in [1.54, 1.807) is 0 Å². The summed E-state index contributed by atoms with van der Waals surface area (Å²) in [6.45, 7) is 0. The average molecular weight is 311 g/mol. The van der Waals surface area contributed by atoms with Gasteiger partial charge in [-0.15, -0.1) is 0 Å². The van der Waals surface area contributed by atoms with E-state index >= 15 is 0 Å². The van der Waals surface area contributed by atoms with Gasteiger partial charge in [-0.05, 0) is 5.56 Å². The molecule has 1 unspecified atom stereocenters. The van der Waals surface area contributed by atoms with Crippen LogP contribution in [0.3, 0.4) is 0 Å². The molecule has 0 saturated carbocycles. The standard InChI is InChI=1S/C8H8BrI/c9-8(6-10)7-4-2-1-3-5-7/h1-5,8H,6H2. The summed E-state index contributed by atoms with van der Waals surface area (Å²) in [5, 5.41) is 0. The Labute approximate surface area is 83.3 Å². The van der Waals surface area contributed by atoms with E-state index in [2.05, 4.69) is 62.8 Å². The summed E-state index contributed by atoms with van der Waals surface area (Å²) >= 11 is 5.95. The molecule has 0 spiro atoms. The van der Waals surface area contributed by atoms with Gasteiger partial charge >= 0.3 is 0 Å². The maximum atomic E-state index is 3.58. The lowest BCUT2D eigenvalue weighted by Gasteiger charge is -2.03. The Balaban J connectivity index is 2.75. The molecule has 54 valence electrons. The van der Waals surface area contributed by atoms with E-state index in [4.69, 9.17) is 0 Å². The van der Waals surface area contributed by atoms with Crippen LogP contribution in [0.1, 0.15) is 10.4 Å². The maximum absolute atomic E-state index is 3.58. The lowest BCUT2D eigenvalue weighted by atomic mass is 10.2. The summed E-state index contributed by atoms with van der Waals surface area (Å²) in [6, 6.07) is 10.4. The summed E-state index contributed by atoms with van der Waals surface area (Å²) in [6.07, 6.45) is 0. The fourth-order valence-electron chi connectivity index (χ4n) is 0.751. The molecule has 0 aliphatic rings. The molecule has 0 amide bonds. The zero-order valence-electron chi connectivity index (χ0n) is 5.43. The molecule has 0 aromatic heterocycles. The normalized spacial score (nSPS) is 13.0. The van der Waals surface area contributed by atoms with Crippen molar-refractivity contribution in [2.75, 3.05) is 4.43 Å². The fourth-order valence-corrected chi connectivity index (χ4v) is 1.56. The van der Waals surface area contributed by atoms with Crippen LogP contribution < -0.4 is 0 Å². The van der Waals surface area contributed by atoms with Crippen LogP contribution in [-0.4, -0.2) is 4.43 Å². The molecule has 0 N–H and O–H groups in total. The quantitative estimate of drug-likeness (QED) is 0.579. The molecular formula is C8H8BrI. The minimum atomic E-state index is 0.509. The molecule has 0 bridgehead atoms. The Morgan fingerprint density at radius 2 is 1.90 bits per heavy atom. The molecule has 1 atom stereocenters. The Morgan fingerprint density at radius 3 is 2.40 bits per heavy atom. The number of benzene rings is 1. The monoisotopic (exact) mass is 310 g/mol. The zero-order valence-corrected chi connectivity index (χ0v) is 9.17. The van der Waals surface area contributed by atoms with Gasteiger partial charge in [0.2, 0.25) is 0 Å². The van der Waals surface area contributed by atoms with E-state index in [0.29, 0.717) is 4.83 Å². The van der Waals surface area contributed by atoms with Crippen molar-refractivity contribution in [3.8, 4) is 0 Å². The van der Waals surface area contributed by atoms with E-state index in [0.717, 1.165) is 4.43 Å². The predicted octanol–water partition coefficient (Wildman–Crippen LogP) is 3.56. The van der Waals surface area contributed by atoms with E-state index in [1.165, 1.54) is 5.56 Å². The summed E-state index contributed by atoms with van der Waals surface area (Å²) in [7, 11) is 0. The molecule has 0 heterocycles. The van der Waals surface area contributed by atoms with Gasteiger partial charge in [0.1, 0.15) is 0 Å². The highest BCUT2D eigenvalue weighted by Crippen LogP contribution is 2.23. The zero-order chi connectivity index (χ0) is 7.40. The molecule has 1 rings (SSSR count). The first-order valence-corrected chi connectivity index (χ1v) is 5.53. The third-order valence-electron chi connectivity index (χ3n) is 1.30. The molecule has 1 aromatic rings. The highest BCUT2D eigenvalue weighted by atomic mass is 127. The van der Waals surface area contributed by atoms with Crippen molar-refractivity contribution in [3.63, 3.8) is 0 Å². The second kappa shape index (κ2) is 4.34. The van der Waals surface area contributed by atoms with Crippen molar-refractivity contribution < 1.29 is 0 Å². The van der Waals surface area contributed by atoms with Crippen LogP contribution in [0.5, 0.6) is 0 Å². The summed E-state index contributed by atoms with van der Waals surface area (Å²) in [5.74, 6) is 0. The number of hydrogen-bond acceptors (Lipinski definition) is 0. The topological polar surface area (TPSA) is 0 Å². The average Bonchev–Trinajstić information content (AvgIpc) is 2.05. The summed E-state index contributed by atoms with van der Waals surface area (Å²) < 4.78 is 1.11. The summed E-state index contributed by atoms with van der Waals surface area (Å²) in [4.78, 5) is 0.509. The Morgan fingerprint density at radius 1 is 1.30 bits per heavy atom. The molecular weight excluding hydrogens is 303 g/mol. The summed E-state index contributed by atoms with van der Waals surface area (Å²) in [5.41, 5.74) is 1.36. The molecule has 0 aliphatic heterocycles. The predicted molar refractivity (Wildman–Crippen MR) is 57.0 cm³/mol. The van der Waals surface area contributed by atoms with E-state index in [1.807, 2.05) is 6.07 Å². The van der Waals surface area contributed by atoms with Crippen LogP contribution >= 0.6 is 38.5 Å². The Kier molecular flexibility index (Phi) is 3.70. The number of rotatable bonds is 2. The van der Waals surface area contributed by atoms with Gasteiger partial charge in [-0.3, -0.25) is 0 Å². The van der Waals surface area contributed by atoms with Gasteiger partial charge in [0.25, 0.3) is 0 Å². The van der Waals surface area contributed by atoms with Crippen LogP contribution in [0, 0.1) is 0 Å². The van der Waals surface area contributed by atoms with Crippen LogP contribution in [0.2, 0.25) is 0 Å². The van der Waals surface area contributed by atoms with E-state index in [9.17, 15) is 0 Å². The van der Waals surface area contributed by atoms with Gasteiger partial charge in [-0.25, -0.2) is 0 Å². The fraction of sp³-hybridized carbons (Fsp3) is 0.250. The lowest BCUT2D eigenvalue weighted by Crippen LogP contribution is -1.88. The second-order valence-electron chi connectivity index (χ2n) is 2.03. The molecule has 0 saturated heterocycles. The van der Waals surface area contributed by atoms with Gasteiger partial charge in [0.15, 0.2) is 0 Å². The van der Waals surface area contributed by atoms with Crippen LogP contribution in [-0.2, 0) is 0 Å². The van der Waals surface area contributed by atoms with Gasteiger partial charge < -0.3 is 0 Å². The SMILES string of the molecule is BrC(CI)c1ccccc1. The van der Waals surface area contributed by atoms with Crippen LogP contribution in [0.15, 0.2) is 30.3 Å². The first-order valence-electron chi connectivity index (χ1n) is 3.09. The third kappa shape index (κ3) is 2.23. The number of halogens is 2. The van der Waals surface area contributed by atoms with Crippen LogP contribution in [0.25, 0.3) is 0 Å². The van der Waals surface area contributed by atoms with Crippen molar-refractivity contribution in [3.05, 3.63) is 35.9 Å². The highest BCUT2D eigenvalue weighted by Gasteiger charge is 2.02. The molecule has 10 heavy (non-hydrogen) atoms. The molecule has 0 nitrogen and oxygen atoms in total. The van der Waals surface area contributed by atoms with Gasteiger partial charge in [0.05, 0.1) is 0 Å². The molecule has 0 fully saturated rings. The molecule has 1 aromatic carbocycles. The minimum absolute atomic E-state index is 0.509. The lowest BCUT2D eigenvalue weighted by molar-refractivity contribution is 1.16. The Hall–Kier alpha value is 0.430. The molecule has 0 aliphatic carbocycles. The smallest absolute Gasteiger partial charge is 0.0484 e. The third-order valence-corrected chi connectivity index (χ3v) is 4.24. The number of alkyl halides is 2. The number of hydrogen-bond donors (Lipinski definition) is 0. The Bertz CT molecular complexity index is 186. The van der Waals surface area contributed by atoms with Gasteiger partial charge in [-0.2, -0.15) is 0 Å². The van der Waals surface area contributed by atoms with E-state index < -0.39 is 0 Å². The van der Waals surface area contributed by atoms with E-state index in [-0.39, 0.29) is 0 Å². The van der Waals surface area contributed by atoms with Crippen molar-refractivity contribution in [2.45, 2.75) is 4.83 Å². The molecule has 2 heteroatoms. The van der Waals surface area contributed by atoms with Crippen molar-refractivity contribution in [2.24, 2.45) is 0 Å². The van der Waals surface area contributed by atoms with Gasteiger partial charge in [0, 0.05) is 9.25 Å². The first kappa shape index (κ1) is 8.53. The minimum Gasteiger partial charge on any atom is -0.0848 e. The molecule has 0 radical (unpaired) electrons. The van der Waals surface area contributed by atoms with Crippen molar-refractivity contribution >= 4 is 38.5 Å². The van der Waals surface area contributed by atoms with Crippen LogP contribution in [0.4, 0.5) is 0 Å². The van der Waals surface area contributed by atoms with Crippen molar-refractivity contribution in [1.82, 2.24) is 0 Å². The second-order valence-corrected chi connectivity index (χ2v) is 4.02. The maximum Gasteiger partial charge on any atom is 0.0484 e. The first-order chi connectivity index (χ1) is 4.84. The van der Waals surface area contributed by atoms with Gasteiger partial charge in [-0.1, -0.05) is 68.9 Å². The largest absolute Gasteiger partial charge is 0.0848 e.